The van der Waals surface area contributed by atoms with E-state index >= 15 is 0 Å². The second-order valence-corrected chi connectivity index (χ2v) is 9.32. The maximum atomic E-state index is 12.9. The highest BCUT2D eigenvalue weighted by atomic mass is 32.2. The van der Waals surface area contributed by atoms with Crippen LogP contribution in [-0.2, 0) is 26.0 Å². The number of sulfonamides is 1. The molecule has 0 aromatic heterocycles. The Morgan fingerprint density at radius 1 is 1.25 bits per heavy atom. The van der Waals surface area contributed by atoms with Gasteiger partial charge < -0.3 is 14.8 Å². The molecule has 0 unspecified atom stereocenters. The molecule has 7 nitrogen and oxygen atoms in total. The van der Waals surface area contributed by atoms with Crippen LogP contribution in [0.5, 0.6) is 5.75 Å². The number of hydrogen-bond acceptors (Lipinski definition) is 5. The highest BCUT2D eigenvalue weighted by Crippen LogP contribution is 2.27. The Morgan fingerprint density at radius 3 is 2.71 bits per heavy atom. The van der Waals surface area contributed by atoms with E-state index in [9.17, 15) is 13.2 Å². The summed E-state index contributed by atoms with van der Waals surface area (Å²) in [5.41, 5.74) is 0.729. The molecule has 3 rings (SSSR count). The number of amides is 1. The fraction of sp³-hybridized carbons (Fsp3) is 0.650. The van der Waals surface area contributed by atoms with E-state index < -0.39 is 10.0 Å². The standard InChI is InChI=1S/C20H30N2O5S/c1-26-19-9-8-18(28(24,25)22-11-3-2-4-12-22)14-16(19)7-10-20(23)21-15-17-6-5-13-27-17/h8-9,14,17H,2-7,10-13,15H2,1H3,(H,21,23)/t17-/m0/s1. The number of ether oxygens (including phenoxy) is 2. The van der Waals surface area contributed by atoms with Crippen molar-refractivity contribution in [1.82, 2.24) is 9.62 Å². The molecular formula is C20H30N2O5S. The van der Waals surface area contributed by atoms with E-state index in [0.29, 0.717) is 31.8 Å². The maximum Gasteiger partial charge on any atom is 0.243 e. The van der Waals surface area contributed by atoms with Crippen molar-refractivity contribution in [3.8, 4) is 5.75 Å². The SMILES string of the molecule is COc1ccc(S(=O)(=O)N2CCCCC2)cc1CCC(=O)NC[C@@H]1CCCO1. The third-order valence-electron chi connectivity index (χ3n) is 5.38. The summed E-state index contributed by atoms with van der Waals surface area (Å²) >= 11 is 0. The second kappa shape index (κ2) is 9.71. The van der Waals surface area contributed by atoms with Gasteiger partial charge in [-0.25, -0.2) is 8.42 Å². The number of benzene rings is 1. The molecule has 0 aliphatic carbocycles. The smallest absolute Gasteiger partial charge is 0.243 e. The van der Waals surface area contributed by atoms with Crippen molar-refractivity contribution in [2.75, 3.05) is 33.4 Å². The Bertz CT molecular complexity index is 769. The lowest BCUT2D eigenvalue weighted by molar-refractivity contribution is -0.121. The van der Waals surface area contributed by atoms with Gasteiger partial charge in [0.2, 0.25) is 15.9 Å². The van der Waals surface area contributed by atoms with Gasteiger partial charge in [-0.05, 0) is 55.9 Å². The molecule has 8 heteroatoms. The quantitative estimate of drug-likeness (QED) is 0.709. The maximum absolute atomic E-state index is 12.9. The van der Waals surface area contributed by atoms with E-state index in [-0.39, 0.29) is 23.3 Å². The Kier molecular flexibility index (Phi) is 7.31. The lowest BCUT2D eigenvalue weighted by atomic mass is 10.1. The summed E-state index contributed by atoms with van der Waals surface area (Å²) in [6.07, 6.45) is 5.68. The van der Waals surface area contributed by atoms with Gasteiger partial charge in [-0.15, -0.1) is 0 Å². The summed E-state index contributed by atoms with van der Waals surface area (Å²) in [7, 11) is -1.96. The zero-order valence-electron chi connectivity index (χ0n) is 16.5. The van der Waals surface area contributed by atoms with Crippen LogP contribution in [-0.4, -0.2) is 58.1 Å². The van der Waals surface area contributed by atoms with Gasteiger partial charge in [-0.2, -0.15) is 4.31 Å². The number of carbonyl (C=O) groups is 1. The van der Waals surface area contributed by atoms with Crippen molar-refractivity contribution in [3.63, 3.8) is 0 Å². The highest BCUT2D eigenvalue weighted by Gasteiger charge is 2.26. The number of rotatable bonds is 8. The van der Waals surface area contributed by atoms with Crippen LogP contribution in [0.1, 0.15) is 44.1 Å². The number of piperidine rings is 1. The first kappa shape index (κ1) is 21.1. The van der Waals surface area contributed by atoms with Crippen LogP contribution < -0.4 is 10.1 Å². The Hall–Kier alpha value is -1.64. The zero-order chi connectivity index (χ0) is 20.0. The molecular weight excluding hydrogens is 380 g/mol. The summed E-state index contributed by atoms with van der Waals surface area (Å²) in [4.78, 5) is 12.4. The Labute approximate surface area is 167 Å². The van der Waals surface area contributed by atoms with Crippen molar-refractivity contribution in [2.45, 2.75) is 55.9 Å². The highest BCUT2D eigenvalue weighted by molar-refractivity contribution is 7.89. The molecule has 2 saturated heterocycles. The Balaban J connectivity index is 1.64. The number of aryl methyl sites for hydroxylation is 1. The van der Waals surface area contributed by atoms with Crippen molar-refractivity contribution in [1.29, 1.82) is 0 Å². The molecule has 28 heavy (non-hydrogen) atoms. The molecule has 0 saturated carbocycles. The summed E-state index contributed by atoms with van der Waals surface area (Å²) < 4.78 is 38.3. The number of carbonyl (C=O) groups excluding carboxylic acids is 1. The topological polar surface area (TPSA) is 84.9 Å². The molecule has 2 heterocycles. The Morgan fingerprint density at radius 2 is 2.04 bits per heavy atom. The lowest BCUT2D eigenvalue weighted by Gasteiger charge is -2.26. The van der Waals surface area contributed by atoms with Crippen molar-refractivity contribution < 1.29 is 22.7 Å². The van der Waals surface area contributed by atoms with Crippen LogP contribution in [0.4, 0.5) is 0 Å². The summed E-state index contributed by atoms with van der Waals surface area (Å²) in [6, 6.07) is 4.91. The molecule has 0 bridgehead atoms. The summed E-state index contributed by atoms with van der Waals surface area (Å²) in [5.74, 6) is 0.534. The molecule has 2 aliphatic rings. The van der Waals surface area contributed by atoms with Gasteiger partial charge >= 0.3 is 0 Å². The molecule has 2 aliphatic heterocycles. The van der Waals surface area contributed by atoms with E-state index in [2.05, 4.69) is 5.32 Å². The van der Waals surface area contributed by atoms with Gasteiger partial charge in [-0.3, -0.25) is 4.79 Å². The monoisotopic (exact) mass is 410 g/mol. The van der Waals surface area contributed by atoms with Gasteiger partial charge in [-0.1, -0.05) is 6.42 Å². The summed E-state index contributed by atoms with van der Waals surface area (Å²) in [5, 5.41) is 2.90. The molecule has 1 N–H and O–H groups in total. The number of hydrogen-bond donors (Lipinski definition) is 1. The van der Waals surface area contributed by atoms with Gasteiger partial charge in [0.25, 0.3) is 0 Å². The predicted molar refractivity (Wildman–Crippen MR) is 106 cm³/mol. The van der Waals surface area contributed by atoms with E-state index in [4.69, 9.17) is 9.47 Å². The lowest BCUT2D eigenvalue weighted by Crippen LogP contribution is -2.35. The van der Waals surface area contributed by atoms with Gasteiger partial charge in [0, 0.05) is 32.7 Å². The molecule has 0 spiro atoms. The molecule has 1 amide bonds. The average Bonchev–Trinajstić information content (AvgIpc) is 3.24. The molecule has 1 atom stereocenters. The minimum Gasteiger partial charge on any atom is -0.496 e. The number of nitrogens with zero attached hydrogens (tertiary/aromatic N) is 1. The molecule has 1 aromatic rings. The van der Waals surface area contributed by atoms with Crippen LogP contribution in [0.25, 0.3) is 0 Å². The predicted octanol–water partition coefficient (Wildman–Crippen LogP) is 2.10. The average molecular weight is 411 g/mol. The first-order valence-electron chi connectivity index (χ1n) is 10.1. The van der Waals surface area contributed by atoms with E-state index in [1.54, 1.807) is 29.6 Å². The largest absolute Gasteiger partial charge is 0.496 e. The fourth-order valence-electron chi connectivity index (χ4n) is 3.73. The molecule has 156 valence electrons. The minimum absolute atomic E-state index is 0.0677. The first-order chi connectivity index (χ1) is 13.5. The normalized spacial score (nSPS) is 20.8. The molecule has 0 radical (unpaired) electrons. The number of nitrogens with one attached hydrogen (secondary N) is 1. The fourth-order valence-corrected chi connectivity index (χ4v) is 5.30. The van der Waals surface area contributed by atoms with Gasteiger partial charge in [0.05, 0.1) is 18.1 Å². The third-order valence-corrected chi connectivity index (χ3v) is 7.27. The van der Waals surface area contributed by atoms with Crippen molar-refractivity contribution in [2.24, 2.45) is 0 Å². The van der Waals surface area contributed by atoms with Crippen LogP contribution >= 0.6 is 0 Å². The number of methoxy groups -OCH3 is 1. The second-order valence-electron chi connectivity index (χ2n) is 7.38. The van der Waals surface area contributed by atoms with Crippen LogP contribution in [0.3, 0.4) is 0 Å². The van der Waals surface area contributed by atoms with Crippen molar-refractivity contribution in [3.05, 3.63) is 23.8 Å². The van der Waals surface area contributed by atoms with Crippen molar-refractivity contribution >= 4 is 15.9 Å². The molecule has 2 fully saturated rings. The minimum atomic E-state index is -3.51. The van der Waals surface area contributed by atoms with E-state index in [0.717, 1.165) is 44.3 Å². The third kappa shape index (κ3) is 5.24. The van der Waals surface area contributed by atoms with Crippen LogP contribution in [0, 0.1) is 0 Å². The van der Waals surface area contributed by atoms with E-state index in [1.807, 2.05) is 0 Å². The zero-order valence-corrected chi connectivity index (χ0v) is 17.3. The van der Waals surface area contributed by atoms with Gasteiger partial charge in [0.15, 0.2) is 0 Å². The van der Waals surface area contributed by atoms with E-state index in [1.165, 1.54) is 0 Å². The summed E-state index contributed by atoms with van der Waals surface area (Å²) in [6.45, 7) is 2.42. The van der Waals surface area contributed by atoms with Crippen LogP contribution in [0.15, 0.2) is 23.1 Å². The van der Waals surface area contributed by atoms with Crippen LogP contribution in [0.2, 0.25) is 0 Å². The molecule has 1 aromatic carbocycles. The van der Waals surface area contributed by atoms with Gasteiger partial charge in [0.1, 0.15) is 5.75 Å². The first-order valence-corrected chi connectivity index (χ1v) is 11.5.